The molecule has 0 aliphatic heterocycles. The number of nitrogens with one attached hydrogen (secondary N) is 1. The lowest BCUT2D eigenvalue weighted by Gasteiger charge is -1.93. The van der Waals surface area contributed by atoms with Gasteiger partial charge >= 0.3 is 0 Å². The summed E-state index contributed by atoms with van der Waals surface area (Å²) in [6.07, 6.45) is 4.27. The van der Waals surface area contributed by atoms with Crippen molar-refractivity contribution in [2.24, 2.45) is 5.73 Å². The number of amides is 1. The summed E-state index contributed by atoms with van der Waals surface area (Å²) in [5, 5.41) is 2.60. The van der Waals surface area contributed by atoms with Crippen LogP contribution in [0.2, 0.25) is 0 Å². The van der Waals surface area contributed by atoms with Gasteiger partial charge in [0.1, 0.15) is 0 Å². The Morgan fingerprint density at radius 2 is 1.75 bits per heavy atom. The molecular formula is C9H24N2O. The maximum absolute atomic E-state index is 9.66. The van der Waals surface area contributed by atoms with E-state index in [4.69, 9.17) is 0 Å². The van der Waals surface area contributed by atoms with Crippen molar-refractivity contribution in [1.82, 2.24) is 5.32 Å². The van der Waals surface area contributed by atoms with E-state index in [9.17, 15) is 4.79 Å². The van der Waals surface area contributed by atoms with Crippen LogP contribution >= 0.6 is 0 Å². The predicted octanol–water partition coefficient (Wildman–Crippen LogP) is 1.52. The highest BCUT2D eigenvalue weighted by atomic mass is 16.1. The summed E-state index contributed by atoms with van der Waals surface area (Å²) in [6, 6.07) is 0. The molecule has 0 aromatic heterocycles. The molecule has 3 nitrogen and oxygen atoms in total. The van der Waals surface area contributed by atoms with Crippen LogP contribution in [-0.4, -0.2) is 20.0 Å². The van der Waals surface area contributed by atoms with Crippen LogP contribution in [-0.2, 0) is 4.79 Å². The topological polar surface area (TPSA) is 55.1 Å². The molecule has 0 spiro atoms. The smallest absolute Gasteiger partial charge is 0.207 e. The van der Waals surface area contributed by atoms with Gasteiger partial charge in [0.15, 0.2) is 0 Å². The van der Waals surface area contributed by atoms with Gasteiger partial charge in [0.25, 0.3) is 0 Å². The first-order chi connectivity index (χ1) is 5.91. The van der Waals surface area contributed by atoms with Crippen molar-refractivity contribution in [2.75, 3.05) is 13.6 Å². The minimum atomic E-state index is 0.746. The number of carbonyl (C=O) groups is 1. The molecule has 0 unspecified atom stereocenters. The van der Waals surface area contributed by atoms with E-state index in [1.54, 1.807) is 0 Å². The average molecular weight is 176 g/mol. The average Bonchev–Trinajstić information content (AvgIpc) is 2.19. The molecule has 3 N–H and O–H groups in total. The molecule has 0 aliphatic rings. The largest absolute Gasteiger partial charge is 0.359 e. The highest BCUT2D eigenvalue weighted by molar-refractivity contribution is 5.45. The van der Waals surface area contributed by atoms with Gasteiger partial charge in [-0.3, -0.25) is 4.79 Å². The predicted molar refractivity (Wildman–Crippen MR) is 55.1 cm³/mol. The number of unbranched alkanes of at least 4 members (excludes halogenated alkanes) is 2. The first-order valence-corrected chi connectivity index (χ1v) is 4.66. The number of rotatable bonds is 5. The number of hydrogen-bond acceptors (Lipinski definition) is 2. The van der Waals surface area contributed by atoms with Gasteiger partial charge < -0.3 is 11.1 Å². The van der Waals surface area contributed by atoms with Crippen LogP contribution in [0.4, 0.5) is 0 Å². The molecule has 0 bridgehead atoms. The Bertz CT molecular complexity index is 58.5. The standard InChI is InChI=1S/C6H13NO.C2H6.CH5N/c1-2-3-4-5-7-6-8;2*1-2/h6H,2-5H2,1H3,(H,7,8);1-2H3;2H2,1H3. The van der Waals surface area contributed by atoms with E-state index < -0.39 is 0 Å². The van der Waals surface area contributed by atoms with Gasteiger partial charge in [-0.2, -0.15) is 0 Å². The van der Waals surface area contributed by atoms with Crippen molar-refractivity contribution in [1.29, 1.82) is 0 Å². The fraction of sp³-hybridized carbons (Fsp3) is 0.889. The number of hydrogen-bond donors (Lipinski definition) is 2. The third kappa shape index (κ3) is 34.1. The molecule has 0 fully saturated rings. The zero-order chi connectivity index (χ0) is 10.2. The van der Waals surface area contributed by atoms with E-state index in [2.05, 4.69) is 18.0 Å². The summed E-state index contributed by atoms with van der Waals surface area (Å²) in [4.78, 5) is 9.66. The van der Waals surface area contributed by atoms with Gasteiger partial charge in [0.2, 0.25) is 6.41 Å². The second kappa shape index (κ2) is 31.5. The van der Waals surface area contributed by atoms with Gasteiger partial charge in [-0.1, -0.05) is 33.6 Å². The Hall–Kier alpha value is -0.570. The van der Waals surface area contributed by atoms with Gasteiger partial charge in [-0.15, -0.1) is 0 Å². The minimum absolute atomic E-state index is 0.746. The lowest BCUT2D eigenvalue weighted by atomic mass is 10.2. The summed E-state index contributed by atoms with van der Waals surface area (Å²) in [5.41, 5.74) is 4.50. The molecule has 76 valence electrons. The summed E-state index contributed by atoms with van der Waals surface area (Å²) in [7, 11) is 1.50. The Balaban J connectivity index is -0.000000175. The number of carbonyl (C=O) groups excluding carboxylic acids is 1. The third-order valence-corrected chi connectivity index (χ3v) is 1.01. The second-order valence-electron chi connectivity index (χ2n) is 1.78. The summed E-state index contributed by atoms with van der Waals surface area (Å²) < 4.78 is 0. The van der Waals surface area contributed by atoms with Crippen LogP contribution in [0.1, 0.15) is 40.0 Å². The van der Waals surface area contributed by atoms with Crippen molar-refractivity contribution in [3.8, 4) is 0 Å². The lowest BCUT2D eigenvalue weighted by Crippen LogP contribution is -2.11. The van der Waals surface area contributed by atoms with Crippen LogP contribution < -0.4 is 11.1 Å². The summed E-state index contributed by atoms with van der Waals surface area (Å²) in [6.45, 7) is 6.97. The Morgan fingerprint density at radius 3 is 2.08 bits per heavy atom. The molecule has 0 aromatic rings. The Labute approximate surface area is 76.7 Å². The Morgan fingerprint density at radius 1 is 1.25 bits per heavy atom. The van der Waals surface area contributed by atoms with Crippen LogP contribution in [0.25, 0.3) is 0 Å². The van der Waals surface area contributed by atoms with Crippen molar-refractivity contribution in [3.63, 3.8) is 0 Å². The normalized spacial score (nSPS) is 6.75. The first kappa shape index (κ1) is 17.5. The molecule has 0 saturated heterocycles. The van der Waals surface area contributed by atoms with Crippen LogP contribution in [0.5, 0.6) is 0 Å². The van der Waals surface area contributed by atoms with Gasteiger partial charge in [-0.25, -0.2) is 0 Å². The van der Waals surface area contributed by atoms with Gasteiger partial charge in [-0.05, 0) is 13.5 Å². The highest BCUT2D eigenvalue weighted by Crippen LogP contribution is 1.89. The molecular weight excluding hydrogens is 152 g/mol. The van der Waals surface area contributed by atoms with Crippen LogP contribution in [0.15, 0.2) is 0 Å². The zero-order valence-corrected chi connectivity index (χ0v) is 8.89. The van der Waals surface area contributed by atoms with E-state index >= 15 is 0 Å². The van der Waals surface area contributed by atoms with E-state index in [1.165, 1.54) is 19.9 Å². The first-order valence-electron chi connectivity index (χ1n) is 4.66. The van der Waals surface area contributed by atoms with Gasteiger partial charge in [0.05, 0.1) is 0 Å². The Kier molecular flexibility index (Phi) is 45.9. The highest BCUT2D eigenvalue weighted by Gasteiger charge is 1.81. The van der Waals surface area contributed by atoms with Crippen LogP contribution in [0, 0.1) is 0 Å². The zero-order valence-electron chi connectivity index (χ0n) is 8.89. The molecule has 3 heteroatoms. The fourth-order valence-electron chi connectivity index (χ4n) is 0.536. The molecule has 0 heterocycles. The van der Waals surface area contributed by atoms with Crippen molar-refractivity contribution < 1.29 is 4.79 Å². The van der Waals surface area contributed by atoms with Crippen molar-refractivity contribution in [2.45, 2.75) is 40.0 Å². The maximum Gasteiger partial charge on any atom is 0.207 e. The monoisotopic (exact) mass is 176 g/mol. The number of nitrogens with two attached hydrogens (primary N) is 1. The van der Waals surface area contributed by atoms with Crippen molar-refractivity contribution >= 4 is 6.41 Å². The molecule has 0 saturated carbocycles. The fourth-order valence-corrected chi connectivity index (χ4v) is 0.536. The maximum atomic E-state index is 9.66. The molecule has 12 heavy (non-hydrogen) atoms. The van der Waals surface area contributed by atoms with E-state index in [0.29, 0.717) is 0 Å². The van der Waals surface area contributed by atoms with Crippen molar-refractivity contribution in [3.05, 3.63) is 0 Å². The molecule has 0 radical (unpaired) electrons. The van der Waals surface area contributed by atoms with Gasteiger partial charge in [0, 0.05) is 6.54 Å². The SMILES string of the molecule is CC.CCCCCNC=O.CN. The molecule has 0 rings (SSSR count). The summed E-state index contributed by atoms with van der Waals surface area (Å²) >= 11 is 0. The lowest BCUT2D eigenvalue weighted by molar-refractivity contribution is -0.109. The minimum Gasteiger partial charge on any atom is -0.359 e. The summed E-state index contributed by atoms with van der Waals surface area (Å²) in [5.74, 6) is 0. The quantitative estimate of drug-likeness (QED) is 0.493. The van der Waals surface area contributed by atoms with Crippen LogP contribution in [0.3, 0.4) is 0 Å². The van der Waals surface area contributed by atoms with E-state index in [-0.39, 0.29) is 0 Å². The molecule has 1 amide bonds. The molecule has 0 aliphatic carbocycles. The molecule has 0 aromatic carbocycles. The third-order valence-electron chi connectivity index (χ3n) is 1.01. The van der Waals surface area contributed by atoms with E-state index in [0.717, 1.165) is 19.4 Å². The second-order valence-corrected chi connectivity index (χ2v) is 1.78. The van der Waals surface area contributed by atoms with E-state index in [1.807, 2.05) is 13.8 Å². The molecule has 0 atom stereocenters.